The Bertz CT molecular complexity index is 573. The minimum absolute atomic E-state index is 0.00456. The van der Waals surface area contributed by atoms with Crippen molar-refractivity contribution in [2.45, 2.75) is 0 Å². The Morgan fingerprint density at radius 1 is 1.46 bits per heavy atom. The summed E-state index contributed by atoms with van der Waals surface area (Å²) in [5.41, 5.74) is -0.0208. The summed E-state index contributed by atoms with van der Waals surface area (Å²) in [7, 11) is 3.63. The van der Waals surface area contributed by atoms with Crippen LogP contribution in [0.5, 0.6) is 0 Å². The zero-order valence-electron chi connectivity index (χ0n) is 14.0. The van der Waals surface area contributed by atoms with Crippen LogP contribution in [0.3, 0.4) is 0 Å². The molecule has 2 rings (SSSR count). The van der Waals surface area contributed by atoms with Gasteiger partial charge in [-0.1, -0.05) is 11.6 Å². The van der Waals surface area contributed by atoms with Gasteiger partial charge in [-0.3, -0.25) is 4.79 Å². The summed E-state index contributed by atoms with van der Waals surface area (Å²) in [4.78, 5) is 16.3. The molecule has 1 aliphatic rings. The number of likely N-dealkylation sites (N-methyl/N-ethyl adjacent to an activating group) is 1. The molecule has 1 amide bonds. The first-order chi connectivity index (χ1) is 11.5. The zero-order chi connectivity index (χ0) is 17.7. The van der Waals surface area contributed by atoms with E-state index in [2.05, 4.69) is 4.90 Å². The minimum Gasteiger partial charge on any atom is -0.396 e. The van der Waals surface area contributed by atoms with Crippen molar-refractivity contribution in [1.29, 1.82) is 0 Å². The largest absolute Gasteiger partial charge is 0.396 e. The van der Waals surface area contributed by atoms with Crippen molar-refractivity contribution in [2.24, 2.45) is 11.8 Å². The van der Waals surface area contributed by atoms with Crippen molar-refractivity contribution in [2.75, 3.05) is 53.6 Å². The summed E-state index contributed by atoms with van der Waals surface area (Å²) in [5, 5.41) is 9.95. The standard InChI is InChI=1S/C17H24ClFN2O3/c1-20(5-6-24-2)8-12-9-21(10-13(12)11-22)17(23)15-7-14(18)3-4-16(15)19/h3-4,7,12-13,22H,5-6,8-11H2,1-2H3/t12-,13-/m1/s1. The van der Waals surface area contributed by atoms with Crippen LogP contribution in [0.4, 0.5) is 4.39 Å². The molecule has 2 atom stereocenters. The summed E-state index contributed by atoms with van der Waals surface area (Å²) in [6.07, 6.45) is 0. The molecule has 0 aliphatic carbocycles. The highest BCUT2D eigenvalue weighted by molar-refractivity contribution is 6.31. The van der Waals surface area contributed by atoms with Crippen molar-refractivity contribution in [1.82, 2.24) is 9.80 Å². The maximum absolute atomic E-state index is 13.9. The third kappa shape index (κ3) is 4.66. The third-order valence-corrected chi connectivity index (χ3v) is 4.72. The molecule has 1 aliphatic heterocycles. The number of carbonyl (C=O) groups is 1. The van der Waals surface area contributed by atoms with E-state index in [1.807, 2.05) is 7.05 Å². The normalized spacial score (nSPS) is 20.8. The Hall–Kier alpha value is -1.21. The van der Waals surface area contributed by atoms with Gasteiger partial charge >= 0.3 is 0 Å². The maximum Gasteiger partial charge on any atom is 0.256 e. The van der Waals surface area contributed by atoms with Gasteiger partial charge in [0.15, 0.2) is 0 Å². The number of aliphatic hydroxyl groups excluding tert-OH is 1. The first-order valence-electron chi connectivity index (χ1n) is 7.99. The van der Waals surface area contributed by atoms with E-state index in [1.165, 1.54) is 18.2 Å². The van der Waals surface area contributed by atoms with Crippen molar-refractivity contribution in [3.05, 3.63) is 34.6 Å². The Kier molecular flexibility index (Phi) is 6.98. The second-order valence-corrected chi connectivity index (χ2v) is 6.73. The van der Waals surface area contributed by atoms with E-state index in [9.17, 15) is 14.3 Å². The van der Waals surface area contributed by atoms with E-state index in [1.54, 1.807) is 12.0 Å². The number of aliphatic hydroxyl groups is 1. The number of amides is 1. The summed E-state index contributed by atoms with van der Waals surface area (Å²) in [6, 6.07) is 3.97. The molecule has 0 unspecified atom stereocenters. The van der Waals surface area contributed by atoms with Crippen LogP contribution in [0, 0.1) is 17.7 Å². The maximum atomic E-state index is 13.9. The molecule has 1 N–H and O–H groups in total. The third-order valence-electron chi connectivity index (χ3n) is 4.48. The molecule has 7 heteroatoms. The van der Waals surface area contributed by atoms with Crippen molar-refractivity contribution in [3.8, 4) is 0 Å². The molecule has 134 valence electrons. The molecule has 1 heterocycles. The second-order valence-electron chi connectivity index (χ2n) is 6.29. The summed E-state index contributed by atoms with van der Waals surface area (Å²) >= 11 is 5.87. The Morgan fingerprint density at radius 3 is 2.83 bits per heavy atom. The van der Waals surface area contributed by atoms with Crippen LogP contribution in [-0.4, -0.2) is 74.4 Å². The van der Waals surface area contributed by atoms with Crippen molar-refractivity contribution >= 4 is 17.5 Å². The number of hydrogen-bond acceptors (Lipinski definition) is 4. The first kappa shape index (κ1) is 19.1. The first-order valence-corrected chi connectivity index (χ1v) is 8.36. The highest BCUT2D eigenvalue weighted by Crippen LogP contribution is 2.26. The predicted octanol–water partition coefficient (Wildman–Crippen LogP) is 1.74. The van der Waals surface area contributed by atoms with E-state index in [4.69, 9.17) is 16.3 Å². The Balaban J connectivity index is 2.04. The van der Waals surface area contributed by atoms with Gasteiger partial charge in [0, 0.05) is 50.8 Å². The fraction of sp³-hybridized carbons (Fsp3) is 0.588. The van der Waals surface area contributed by atoms with Gasteiger partial charge in [-0.05, 0) is 31.2 Å². The molecular weight excluding hydrogens is 335 g/mol. The Morgan fingerprint density at radius 2 is 2.17 bits per heavy atom. The van der Waals surface area contributed by atoms with Crippen LogP contribution in [0.1, 0.15) is 10.4 Å². The highest BCUT2D eigenvalue weighted by Gasteiger charge is 2.36. The van der Waals surface area contributed by atoms with Gasteiger partial charge in [-0.15, -0.1) is 0 Å². The molecule has 1 aromatic rings. The van der Waals surface area contributed by atoms with Gasteiger partial charge in [-0.25, -0.2) is 4.39 Å². The number of methoxy groups -OCH3 is 1. The van der Waals surface area contributed by atoms with Crippen LogP contribution in [0.15, 0.2) is 18.2 Å². The molecule has 1 aromatic carbocycles. The molecular formula is C17H24ClFN2O3. The summed E-state index contributed by atoms with van der Waals surface area (Å²) < 4.78 is 19.0. The van der Waals surface area contributed by atoms with Gasteiger partial charge in [0.25, 0.3) is 5.91 Å². The van der Waals surface area contributed by atoms with Crippen LogP contribution in [0.2, 0.25) is 5.02 Å². The van der Waals surface area contributed by atoms with E-state index < -0.39 is 5.82 Å². The van der Waals surface area contributed by atoms with Crippen molar-refractivity contribution < 1.29 is 19.0 Å². The van der Waals surface area contributed by atoms with Gasteiger partial charge < -0.3 is 19.6 Å². The number of likely N-dealkylation sites (tertiary alicyclic amines) is 1. The molecule has 0 spiro atoms. The lowest BCUT2D eigenvalue weighted by Gasteiger charge is -2.23. The van der Waals surface area contributed by atoms with Crippen molar-refractivity contribution in [3.63, 3.8) is 0 Å². The summed E-state index contributed by atoms with van der Waals surface area (Å²) in [6.45, 7) is 3.07. The molecule has 0 radical (unpaired) electrons. The smallest absolute Gasteiger partial charge is 0.256 e. The molecule has 1 saturated heterocycles. The molecule has 0 saturated carbocycles. The average molecular weight is 359 g/mol. The zero-order valence-corrected chi connectivity index (χ0v) is 14.8. The number of hydrogen-bond donors (Lipinski definition) is 1. The fourth-order valence-corrected chi connectivity index (χ4v) is 3.26. The predicted molar refractivity (Wildman–Crippen MR) is 90.8 cm³/mol. The lowest BCUT2D eigenvalue weighted by Crippen LogP contribution is -2.34. The Labute approximate surface area is 146 Å². The lowest BCUT2D eigenvalue weighted by molar-refractivity contribution is 0.0774. The van der Waals surface area contributed by atoms with E-state index in [0.29, 0.717) is 24.7 Å². The van der Waals surface area contributed by atoms with E-state index in [-0.39, 0.29) is 29.9 Å². The van der Waals surface area contributed by atoms with E-state index in [0.717, 1.165) is 13.1 Å². The fourth-order valence-electron chi connectivity index (χ4n) is 3.09. The monoisotopic (exact) mass is 358 g/mol. The van der Waals surface area contributed by atoms with Gasteiger partial charge in [0.05, 0.1) is 12.2 Å². The topological polar surface area (TPSA) is 53.0 Å². The average Bonchev–Trinajstić information content (AvgIpc) is 2.97. The van der Waals surface area contributed by atoms with Gasteiger partial charge in [0.2, 0.25) is 0 Å². The second kappa shape index (κ2) is 8.76. The molecule has 24 heavy (non-hydrogen) atoms. The number of rotatable bonds is 7. The van der Waals surface area contributed by atoms with Crippen LogP contribution >= 0.6 is 11.6 Å². The minimum atomic E-state index is -0.578. The van der Waals surface area contributed by atoms with Gasteiger partial charge in [-0.2, -0.15) is 0 Å². The SMILES string of the molecule is COCCN(C)C[C@@H]1CN(C(=O)c2cc(Cl)ccc2F)C[C@@H]1CO. The number of halogens is 2. The molecule has 0 aromatic heterocycles. The molecule has 5 nitrogen and oxygen atoms in total. The van der Waals surface area contributed by atoms with E-state index >= 15 is 0 Å². The van der Waals surface area contributed by atoms with Crippen LogP contribution in [-0.2, 0) is 4.74 Å². The molecule has 1 fully saturated rings. The number of benzene rings is 1. The number of carbonyl (C=O) groups excluding carboxylic acids is 1. The highest BCUT2D eigenvalue weighted by atomic mass is 35.5. The summed E-state index contributed by atoms with van der Waals surface area (Å²) in [5.74, 6) is -0.828. The number of ether oxygens (including phenoxy) is 1. The lowest BCUT2D eigenvalue weighted by atomic mass is 9.96. The quantitative estimate of drug-likeness (QED) is 0.806. The van der Waals surface area contributed by atoms with Crippen LogP contribution in [0.25, 0.3) is 0 Å². The van der Waals surface area contributed by atoms with Crippen LogP contribution < -0.4 is 0 Å². The number of nitrogens with zero attached hydrogens (tertiary/aromatic N) is 2. The molecule has 0 bridgehead atoms. The van der Waals surface area contributed by atoms with Gasteiger partial charge in [0.1, 0.15) is 5.82 Å².